The molecule has 2 aliphatic heterocycles. The Bertz CT molecular complexity index is 954. The highest BCUT2D eigenvalue weighted by molar-refractivity contribution is 5.90. The highest BCUT2D eigenvalue weighted by atomic mass is 16.5. The highest BCUT2D eigenvalue weighted by Crippen LogP contribution is 2.32. The Kier molecular flexibility index (Phi) is 4.48. The Labute approximate surface area is 162 Å². The summed E-state index contributed by atoms with van der Waals surface area (Å²) in [7, 11) is 0. The molecule has 2 aromatic heterocycles. The fourth-order valence-corrected chi connectivity index (χ4v) is 4.14. The molecule has 1 aromatic carbocycles. The number of benzene rings is 1. The van der Waals surface area contributed by atoms with Crippen molar-refractivity contribution in [1.82, 2.24) is 24.6 Å². The summed E-state index contributed by atoms with van der Waals surface area (Å²) in [6.07, 6.45) is 6.24. The summed E-state index contributed by atoms with van der Waals surface area (Å²) in [6.45, 7) is 2.90. The maximum absolute atomic E-state index is 12.4. The molecular formula is C20H23N5O3. The molecule has 0 radical (unpaired) electrons. The summed E-state index contributed by atoms with van der Waals surface area (Å²) >= 11 is 0. The summed E-state index contributed by atoms with van der Waals surface area (Å²) in [5.41, 5.74) is 1.19. The molecule has 3 aromatic rings. The number of ether oxygens (including phenoxy) is 2. The van der Waals surface area contributed by atoms with Gasteiger partial charge in [0, 0.05) is 44.1 Å². The van der Waals surface area contributed by atoms with E-state index in [9.17, 15) is 4.79 Å². The van der Waals surface area contributed by atoms with Crippen molar-refractivity contribution in [2.24, 2.45) is 0 Å². The lowest BCUT2D eigenvalue weighted by atomic mass is 10.1. The third-order valence-electron chi connectivity index (χ3n) is 5.66. The smallest absolute Gasteiger partial charge is 0.291 e. The lowest BCUT2D eigenvalue weighted by Gasteiger charge is -2.31. The quantitative estimate of drug-likeness (QED) is 0.750. The third kappa shape index (κ3) is 3.13. The van der Waals surface area contributed by atoms with Crippen LogP contribution in [0.5, 0.6) is 5.75 Å². The zero-order valence-corrected chi connectivity index (χ0v) is 15.6. The molecule has 0 bridgehead atoms. The van der Waals surface area contributed by atoms with Gasteiger partial charge in [0.1, 0.15) is 18.2 Å². The van der Waals surface area contributed by atoms with Crippen LogP contribution >= 0.6 is 0 Å². The van der Waals surface area contributed by atoms with Crippen molar-refractivity contribution < 1.29 is 14.3 Å². The molecule has 5 rings (SSSR count). The number of likely N-dealkylation sites (tertiary alicyclic amines) is 1. The molecule has 1 amide bonds. The number of aromatic nitrogens is 4. The number of hydrogen-bond donors (Lipinski definition) is 1. The van der Waals surface area contributed by atoms with Gasteiger partial charge in [-0.25, -0.2) is 4.98 Å². The minimum atomic E-state index is -0.103. The van der Waals surface area contributed by atoms with E-state index in [4.69, 9.17) is 9.47 Å². The average Bonchev–Trinajstić information content (AvgIpc) is 3.49. The van der Waals surface area contributed by atoms with E-state index in [1.54, 1.807) is 4.90 Å². The maximum Gasteiger partial charge on any atom is 0.291 e. The minimum Gasteiger partial charge on any atom is -0.490 e. The third-order valence-corrected chi connectivity index (χ3v) is 5.66. The highest BCUT2D eigenvalue weighted by Gasteiger charge is 2.27. The SMILES string of the molecule is O=C(c1ncn[nH]1)N1CCC(Oc2cccc3c2ccn3C2CCOC2)CC1. The second-order valence-electron chi connectivity index (χ2n) is 7.37. The number of piperidine rings is 1. The molecule has 0 saturated carbocycles. The van der Waals surface area contributed by atoms with Crippen molar-refractivity contribution in [3.8, 4) is 5.75 Å². The first kappa shape index (κ1) is 17.2. The predicted octanol–water partition coefficient (Wildman–Crippen LogP) is 2.40. The molecule has 8 nitrogen and oxygen atoms in total. The summed E-state index contributed by atoms with van der Waals surface area (Å²) < 4.78 is 14.2. The summed E-state index contributed by atoms with van der Waals surface area (Å²) in [6, 6.07) is 8.75. The molecule has 1 unspecified atom stereocenters. The predicted molar refractivity (Wildman–Crippen MR) is 102 cm³/mol. The molecule has 1 N–H and O–H groups in total. The van der Waals surface area contributed by atoms with Crippen LogP contribution in [0.4, 0.5) is 0 Å². The molecule has 146 valence electrons. The van der Waals surface area contributed by atoms with Crippen LogP contribution in [0.2, 0.25) is 0 Å². The first-order valence-corrected chi connectivity index (χ1v) is 9.78. The molecule has 4 heterocycles. The van der Waals surface area contributed by atoms with Gasteiger partial charge >= 0.3 is 0 Å². The lowest BCUT2D eigenvalue weighted by Crippen LogP contribution is -2.42. The maximum atomic E-state index is 12.4. The molecule has 2 aliphatic rings. The zero-order valence-electron chi connectivity index (χ0n) is 15.6. The Morgan fingerprint density at radius 3 is 2.86 bits per heavy atom. The van der Waals surface area contributed by atoms with Crippen molar-refractivity contribution >= 4 is 16.8 Å². The molecule has 0 aliphatic carbocycles. The van der Waals surface area contributed by atoms with Crippen molar-refractivity contribution in [2.45, 2.75) is 31.4 Å². The van der Waals surface area contributed by atoms with E-state index in [0.717, 1.165) is 43.6 Å². The fourth-order valence-electron chi connectivity index (χ4n) is 4.14. The van der Waals surface area contributed by atoms with E-state index in [0.29, 0.717) is 25.0 Å². The van der Waals surface area contributed by atoms with E-state index >= 15 is 0 Å². The lowest BCUT2D eigenvalue weighted by molar-refractivity contribution is 0.0587. The normalized spacial score (nSPS) is 20.7. The van der Waals surface area contributed by atoms with Crippen molar-refractivity contribution in [3.05, 3.63) is 42.6 Å². The van der Waals surface area contributed by atoms with Gasteiger partial charge in [0.2, 0.25) is 5.82 Å². The molecule has 2 fully saturated rings. The van der Waals surface area contributed by atoms with E-state index in [-0.39, 0.29) is 12.0 Å². The molecule has 1 atom stereocenters. The molecule has 28 heavy (non-hydrogen) atoms. The number of aromatic amines is 1. The van der Waals surface area contributed by atoms with E-state index < -0.39 is 0 Å². The van der Waals surface area contributed by atoms with Gasteiger partial charge in [-0.2, -0.15) is 5.10 Å². The summed E-state index contributed by atoms with van der Waals surface area (Å²) in [4.78, 5) is 18.1. The van der Waals surface area contributed by atoms with Crippen LogP contribution in [-0.4, -0.2) is 63.0 Å². The van der Waals surface area contributed by atoms with Gasteiger partial charge < -0.3 is 18.9 Å². The van der Waals surface area contributed by atoms with Crippen molar-refractivity contribution in [3.63, 3.8) is 0 Å². The summed E-state index contributed by atoms with van der Waals surface area (Å²) in [5.74, 6) is 1.10. The van der Waals surface area contributed by atoms with Gasteiger partial charge in [-0.15, -0.1) is 0 Å². The summed E-state index contributed by atoms with van der Waals surface area (Å²) in [5, 5.41) is 7.52. The van der Waals surface area contributed by atoms with Gasteiger partial charge in [0.15, 0.2) is 0 Å². The second-order valence-corrected chi connectivity index (χ2v) is 7.37. The number of fused-ring (bicyclic) bond motifs is 1. The zero-order chi connectivity index (χ0) is 18.9. The Morgan fingerprint density at radius 1 is 1.21 bits per heavy atom. The van der Waals surface area contributed by atoms with Gasteiger partial charge in [-0.3, -0.25) is 9.89 Å². The van der Waals surface area contributed by atoms with Gasteiger partial charge in [-0.05, 0) is 24.6 Å². The standard InChI is InChI=1S/C20H23N5O3/c26-20(19-21-13-22-23-19)24-8-4-15(5-9-24)28-18-3-1-2-17-16(18)6-10-25(17)14-7-11-27-12-14/h1-3,6,10,13-15H,4-5,7-9,11-12H2,(H,21,22,23). The largest absolute Gasteiger partial charge is 0.490 e. The molecular weight excluding hydrogens is 358 g/mol. The van der Waals surface area contributed by atoms with Crippen LogP contribution in [0.1, 0.15) is 35.9 Å². The first-order chi connectivity index (χ1) is 13.8. The van der Waals surface area contributed by atoms with Crippen molar-refractivity contribution in [2.75, 3.05) is 26.3 Å². The average molecular weight is 381 g/mol. The minimum absolute atomic E-state index is 0.0996. The number of H-pyrrole nitrogens is 1. The van der Waals surface area contributed by atoms with Crippen LogP contribution in [0.3, 0.4) is 0 Å². The van der Waals surface area contributed by atoms with Crippen LogP contribution in [-0.2, 0) is 4.74 Å². The van der Waals surface area contributed by atoms with E-state index in [1.165, 1.54) is 11.8 Å². The monoisotopic (exact) mass is 381 g/mol. The topological polar surface area (TPSA) is 85.3 Å². The molecule has 2 saturated heterocycles. The molecule has 0 spiro atoms. The van der Waals surface area contributed by atoms with E-state index in [1.807, 2.05) is 12.1 Å². The number of nitrogens with zero attached hydrogens (tertiary/aromatic N) is 4. The number of carbonyl (C=O) groups is 1. The van der Waals surface area contributed by atoms with Crippen molar-refractivity contribution in [1.29, 1.82) is 0 Å². The van der Waals surface area contributed by atoms with Crippen LogP contribution in [0.25, 0.3) is 10.9 Å². The fraction of sp³-hybridized carbons (Fsp3) is 0.450. The van der Waals surface area contributed by atoms with Crippen LogP contribution in [0, 0.1) is 0 Å². The first-order valence-electron chi connectivity index (χ1n) is 9.78. The number of nitrogens with one attached hydrogen (secondary N) is 1. The van der Waals surface area contributed by atoms with E-state index in [2.05, 4.69) is 38.1 Å². The number of hydrogen-bond acceptors (Lipinski definition) is 5. The Balaban J connectivity index is 1.27. The number of carbonyl (C=O) groups excluding carboxylic acids is 1. The van der Waals surface area contributed by atoms with Crippen LogP contribution in [0.15, 0.2) is 36.8 Å². The Hall–Kier alpha value is -2.87. The van der Waals surface area contributed by atoms with Gasteiger partial charge in [0.25, 0.3) is 5.91 Å². The molecule has 8 heteroatoms. The van der Waals surface area contributed by atoms with Crippen LogP contribution < -0.4 is 4.74 Å². The number of amides is 1. The second kappa shape index (κ2) is 7.27. The Morgan fingerprint density at radius 2 is 2.11 bits per heavy atom. The number of rotatable bonds is 4. The van der Waals surface area contributed by atoms with Gasteiger partial charge in [-0.1, -0.05) is 6.07 Å². The van der Waals surface area contributed by atoms with Gasteiger partial charge in [0.05, 0.1) is 18.2 Å².